The average molecular weight is 352 g/mol. The lowest BCUT2D eigenvalue weighted by atomic mass is 10.3. The molecule has 18 heavy (non-hydrogen) atoms. The maximum atomic E-state index is 12.4. The third-order valence-corrected chi connectivity index (χ3v) is 5.08. The SMILES string of the molecule is O=C(c1sccc1Br)N1CCCN(CCCl)CC1. The molecule has 0 N–H and O–H groups in total. The summed E-state index contributed by atoms with van der Waals surface area (Å²) in [5.74, 6) is 0.800. The van der Waals surface area contributed by atoms with Crippen molar-refractivity contribution in [3.05, 3.63) is 20.8 Å². The van der Waals surface area contributed by atoms with Crippen LogP contribution in [0.5, 0.6) is 0 Å². The van der Waals surface area contributed by atoms with E-state index in [0.29, 0.717) is 5.88 Å². The van der Waals surface area contributed by atoms with Gasteiger partial charge in [-0.25, -0.2) is 0 Å². The smallest absolute Gasteiger partial charge is 0.265 e. The first-order valence-corrected chi connectivity index (χ1v) is 8.23. The van der Waals surface area contributed by atoms with Crippen LogP contribution in [0.2, 0.25) is 0 Å². The molecule has 2 rings (SSSR count). The zero-order chi connectivity index (χ0) is 13.0. The Kier molecular flexibility index (Phi) is 5.48. The van der Waals surface area contributed by atoms with Crippen molar-refractivity contribution >= 4 is 44.8 Å². The molecule has 3 nitrogen and oxygen atoms in total. The Bertz CT molecular complexity index is 413. The van der Waals surface area contributed by atoms with Gasteiger partial charge in [0.2, 0.25) is 0 Å². The number of hydrogen-bond donors (Lipinski definition) is 0. The summed E-state index contributed by atoms with van der Waals surface area (Å²) in [6.45, 7) is 4.48. The Balaban J connectivity index is 1.98. The number of halogens is 2. The van der Waals surface area contributed by atoms with E-state index in [4.69, 9.17) is 11.6 Å². The molecule has 0 aliphatic carbocycles. The van der Waals surface area contributed by atoms with E-state index in [1.54, 1.807) is 0 Å². The minimum absolute atomic E-state index is 0.143. The Labute approximate surface area is 125 Å². The molecule has 0 spiro atoms. The van der Waals surface area contributed by atoms with Crippen molar-refractivity contribution < 1.29 is 4.79 Å². The van der Waals surface area contributed by atoms with Crippen LogP contribution in [0.1, 0.15) is 16.1 Å². The number of alkyl halides is 1. The van der Waals surface area contributed by atoms with Gasteiger partial charge in [-0.15, -0.1) is 22.9 Å². The van der Waals surface area contributed by atoms with E-state index in [1.165, 1.54) is 11.3 Å². The molecule has 0 saturated carbocycles. The molecule has 1 aromatic rings. The molecule has 2 heterocycles. The average Bonchev–Trinajstić information content (AvgIpc) is 2.64. The lowest BCUT2D eigenvalue weighted by molar-refractivity contribution is 0.0766. The van der Waals surface area contributed by atoms with E-state index in [9.17, 15) is 4.79 Å². The molecule has 0 unspecified atom stereocenters. The molecule has 0 aromatic carbocycles. The van der Waals surface area contributed by atoms with Gasteiger partial charge < -0.3 is 9.80 Å². The second-order valence-corrected chi connectivity index (χ2v) is 6.42. The van der Waals surface area contributed by atoms with Crippen LogP contribution in [0.4, 0.5) is 0 Å². The molecule has 1 fully saturated rings. The minimum atomic E-state index is 0.143. The highest BCUT2D eigenvalue weighted by Gasteiger charge is 2.22. The van der Waals surface area contributed by atoms with Gasteiger partial charge in [0.25, 0.3) is 5.91 Å². The lowest BCUT2D eigenvalue weighted by Crippen LogP contribution is -2.35. The van der Waals surface area contributed by atoms with Crippen LogP contribution >= 0.6 is 38.9 Å². The third-order valence-electron chi connectivity index (χ3n) is 3.09. The van der Waals surface area contributed by atoms with Gasteiger partial charge in [0.15, 0.2) is 0 Å². The highest BCUT2D eigenvalue weighted by Crippen LogP contribution is 2.24. The van der Waals surface area contributed by atoms with Gasteiger partial charge in [-0.05, 0) is 40.3 Å². The fourth-order valence-electron chi connectivity index (χ4n) is 2.11. The van der Waals surface area contributed by atoms with Gasteiger partial charge in [0, 0.05) is 36.5 Å². The maximum Gasteiger partial charge on any atom is 0.265 e. The van der Waals surface area contributed by atoms with Crippen LogP contribution in [-0.4, -0.2) is 54.3 Å². The first-order valence-electron chi connectivity index (χ1n) is 6.03. The molecular weight excluding hydrogens is 336 g/mol. The first kappa shape index (κ1) is 14.3. The monoisotopic (exact) mass is 350 g/mol. The highest BCUT2D eigenvalue weighted by atomic mass is 79.9. The summed E-state index contributed by atoms with van der Waals surface area (Å²) in [7, 11) is 0. The Morgan fingerprint density at radius 1 is 1.39 bits per heavy atom. The van der Waals surface area contributed by atoms with E-state index in [1.807, 2.05) is 16.3 Å². The number of carbonyl (C=O) groups is 1. The van der Waals surface area contributed by atoms with E-state index >= 15 is 0 Å². The van der Waals surface area contributed by atoms with Crippen molar-refractivity contribution in [1.82, 2.24) is 9.80 Å². The molecule has 100 valence electrons. The molecule has 1 aromatic heterocycles. The van der Waals surface area contributed by atoms with E-state index < -0.39 is 0 Å². The second-order valence-electron chi connectivity index (χ2n) is 4.27. The van der Waals surface area contributed by atoms with Gasteiger partial charge in [-0.3, -0.25) is 4.79 Å². The minimum Gasteiger partial charge on any atom is -0.337 e. The number of rotatable bonds is 3. The maximum absolute atomic E-state index is 12.4. The van der Waals surface area contributed by atoms with Crippen molar-refractivity contribution in [3.8, 4) is 0 Å². The van der Waals surface area contributed by atoms with Crippen molar-refractivity contribution in [2.45, 2.75) is 6.42 Å². The standard InChI is InChI=1S/C12H16BrClN2OS/c13-10-2-9-18-11(10)12(17)16-5-1-4-15(6-3-14)7-8-16/h2,9H,1,3-8H2. The molecular formula is C12H16BrClN2OS. The quantitative estimate of drug-likeness (QED) is 0.782. The van der Waals surface area contributed by atoms with Gasteiger partial charge in [0.1, 0.15) is 4.88 Å². The number of carbonyl (C=O) groups excluding carboxylic acids is 1. The molecule has 6 heteroatoms. The predicted molar refractivity (Wildman–Crippen MR) is 79.7 cm³/mol. The lowest BCUT2D eigenvalue weighted by Gasteiger charge is -2.21. The van der Waals surface area contributed by atoms with Crippen molar-refractivity contribution in [3.63, 3.8) is 0 Å². The Morgan fingerprint density at radius 2 is 2.22 bits per heavy atom. The van der Waals surface area contributed by atoms with E-state index in [2.05, 4.69) is 20.8 Å². The fraction of sp³-hybridized carbons (Fsp3) is 0.583. The largest absolute Gasteiger partial charge is 0.337 e. The zero-order valence-corrected chi connectivity index (χ0v) is 13.2. The van der Waals surface area contributed by atoms with Crippen LogP contribution in [0, 0.1) is 0 Å². The molecule has 0 atom stereocenters. The second kappa shape index (κ2) is 6.89. The van der Waals surface area contributed by atoms with E-state index in [-0.39, 0.29) is 5.91 Å². The first-order chi connectivity index (χ1) is 8.72. The van der Waals surface area contributed by atoms with Crippen molar-refractivity contribution in [2.24, 2.45) is 0 Å². The summed E-state index contributed by atoms with van der Waals surface area (Å²) in [4.78, 5) is 17.4. The Hall–Kier alpha value is -0.100. The summed E-state index contributed by atoms with van der Waals surface area (Å²) in [5.41, 5.74) is 0. The summed E-state index contributed by atoms with van der Waals surface area (Å²) in [5, 5.41) is 1.94. The number of thiophene rings is 1. The third kappa shape index (κ3) is 3.47. The van der Waals surface area contributed by atoms with E-state index in [0.717, 1.165) is 48.5 Å². The van der Waals surface area contributed by atoms with Gasteiger partial charge in [-0.2, -0.15) is 0 Å². The van der Waals surface area contributed by atoms with Crippen LogP contribution < -0.4 is 0 Å². The van der Waals surface area contributed by atoms with Crippen LogP contribution in [0.3, 0.4) is 0 Å². The summed E-state index contributed by atoms with van der Waals surface area (Å²) >= 11 is 10.7. The normalized spacial score (nSPS) is 17.8. The molecule has 1 amide bonds. The van der Waals surface area contributed by atoms with Crippen LogP contribution in [-0.2, 0) is 0 Å². The molecule has 1 aliphatic rings. The van der Waals surface area contributed by atoms with Gasteiger partial charge >= 0.3 is 0 Å². The summed E-state index contributed by atoms with van der Waals surface area (Å²) < 4.78 is 0.902. The molecule has 0 radical (unpaired) electrons. The highest BCUT2D eigenvalue weighted by molar-refractivity contribution is 9.10. The van der Waals surface area contributed by atoms with Crippen LogP contribution in [0.15, 0.2) is 15.9 Å². The summed E-state index contributed by atoms with van der Waals surface area (Å²) in [6, 6.07) is 1.93. The summed E-state index contributed by atoms with van der Waals surface area (Å²) in [6.07, 6.45) is 1.02. The number of amides is 1. The van der Waals surface area contributed by atoms with Crippen LogP contribution in [0.25, 0.3) is 0 Å². The topological polar surface area (TPSA) is 23.6 Å². The Morgan fingerprint density at radius 3 is 2.89 bits per heavy atom. The molecule has 0 bridgehead atoms. The number of hydrogen-bond acceptors (Lipinski definition) is 3. The molecule has 1 aliphatic heterocycles. The zero-order valence-electron chi connectivity index (χ0n) is 10.1. The van der Waals surface area contributed by atoms with Crippen molar-refractivity contribution in [1.29, 1.82) is 0 Å². The van der Waals surface area contributed by atoms with Gasteiger partial charge in [0.05, 0.1) is 0 Å². The van der Waals surface area contributed by atoms with Crippen molar-refractivity contribution in [2.75, 3.05) is 38.6 Å². The number of nitrogens with zero attached hydrogens (tertiary/aromatic N) is 2. The molecule has 1 saturated heterocycles. The predicted octanol–water partition coefficient (Wildman–Crippen LogP) is 2.90. The van der Waals surface area contributed by atoms with Gasteiger partial charge in [-0.1, -0.05) is 0 Å². The fourth-order valence-corrected chi connectivity index (χ4v) is 3.85.